The van der Waals surface area contributed by atoms with Gasteiger partial charge in [0.25, 0.3) is 0 Å². The number of likely N-dealkylation sites (N-methyl/N-ethyl adjacent to an activating group) is 1. The number of hydrogen-bond acceptors (Lipinski definition) is 2. The SMILES string of the molecule is CCNC(C1=COCCC1)C1Cc2ccccc2C1. The van der Waals surface area contributed by atoms with E-state index in [1.165, 1.54) is 36.0 Å². The summed E-state index contributed by atoms with van der Waals surface area (Å²) in [5, 5.41) is 3.68. The fourth-order valence-electron chi connectivity index (χ4n) is 3.46. The third-order valence-corrected chi connectivity index (χ3v) is 4.34. The summed E-state index contributed by atoms with van der Waals surface area (Å²) >= 11 is 0. The minimum atomic E-state index is 0.484. The van der Waals surface area contributed by atoms with Crippen molar-refractivity contribution < 1.29 is 4.74 Å². The molecule has 2 heteroatoms. The molecule has 0 amide bonds. The smallest absolute Gasteiger partial charge is 0.0876 e. The van der Waals surface area contributed by atoms with Gasteiger partial charge in [0, 0.05) is 6.04 Å². The standard InChI is InChI=1S/C17H23NO/c1-2-18-17(15-8-5-9-19-12-15)16-10-13-6-3-4-7-14(13)11-16/h3-4,6-7,12,16-18H,2,5,8-11H2,1H3. The summed E-state index contributed by atoms with van der Waals surface area (Å²) in [6, 6.07) is 9.37. The van der Waals surface area contributed by atoms with Crippen LogP contribution in [0.3, 0.4) is 0 Å². The number of ether oxygens (including phenoxy) is 1. The van der Waals surface area contributed by atoms with E-state index in [0.29, 0.717) is 12.0 Å². The highest BCUT2D eigenvalue weighted by molar-refractivity contribution is 5.34. The fraction of sp³-hybridized carbons (Fsp3) is 0.529. The summed E-state index contributed by atoms with van der Waals surface area (Å²) in [7, 11) is 0. The van der Waals surface area contributed by atoms with Gasteiger partial charge in [-0.05, 0) is 54.8 Å². The Hall–Kier alpha value is -1.28. The second-order valence-electron chi connectivity index (χ2n) is 5.64. The normalized spacial score (nSPS) is 20.6. The third-order valence-electron chi connectivity index (χ3n) is 4.34. The van der Waals surface area contributed by atoms with Crippen LogP contribution in [0, 0.1) is 5.92 Å². The van der Waals surface area contributed by atoms with E-state index in [9.17, 15) is 0 Å². The van der Waals surface area contributed by atoms with E-state index in [1.54, 1.807) is 0 Å². The molecule has 0 saturated carbocycles. The zero-order chi connectivity index (χ0) is 13.1. The van der Waals surface area contributed by atoms with Gasteiger partial charge in [0.1, 0.15) is 0 Å². The van der Waals surface area contributed by atoms with Gasteiger partial charge in [0.2, 0.25) is 0 Å². The lowest BCUT2D eigenvalue weighted by molar-refractivity contribution is 0.214. The van der Waals surface area contributed by atoms with Gasteiger partial charge in [-0.3, -0.25) is 0 Å². The second kappa shape index (κ2) is 5.79. The Morgan fingerprint density at radius 3 is 2.58 bits per heavy atom. The quantitative estimate of drug-likeness (QED) is 0.895. The van der Waals surface area contributed by atoms with Crippen LogP contribution in [0.5, 0.6) is 0 Å². The number of rotatable bonds is 4. The monoisotopic (exact) mass is 257 g/mol. The predicted molar refractivity (Wildman–Crippen MR) is 78.1 cm³/mol. The van der Waals surface area contributed by atoms with Crippen LogP contribution >= 0.6 is 0 Å². The molecule has 0 fully saturated rings. The van der Waals surface area contributed by atoms with E-state index in [-0.39, 0.29) is 0 Å². The van der Waals surface area contributed by atoms with Crippen LogP contribution in [0.4, 0.5) is 0 Å². The van der Waals surface area contributed by atoms with Gasteiger partial charge in [-0.1, -0.05) is 31.2 Å². The Kier molecular flexibility index (Phi) is 3.88. The molecule has 0 saturated heterocycles. The molecule has 3 rings (SSSR count). The lowest BCUT2D eigenvalue weighted by Crippen LogP contribution is -2.39. The molecule has 1 N–H and O–H groups in total. The molecule has 102 valence electrons. The topological polar surface area (TPSA) is 21.3 Å². The Balaban J connectivity index is 1.77. The number of benzene rings is 1. The van der Waals surface area contributed by atoms with Gasteiger partial charge in [-0.25, -0.2) is 0 Å². The van der Waals surface area contributed by atoms with E-state index >= 15 is 0 Å². The maximum Gasteiger partial charge on any atom is 0.0876 e. The molecular weight excluding hydrogens is 234 g/mol. The first-order chi connectivity index (χ1) is 9.38. The Labute approximate surface area is 115 Å². The average molecular weight is 257 g/mol. The maximum absolute atomic E-state index is 5.54. The van der Waals surface area contributed by atoms with Crippen LogP contribution in [0.1, 0.15) is 30.9 Å². The van der Waals surface area contributed by atoms with Crippen LogP contribution in [0.15, 0.2) is 36.1 Å². The van der Waals surface area contributed by atoms with Gasteiger partial charge in [0.05, 0.1) is 12.9 Å². The van der Waals surface area contributed by atoms with Crippen molar-refractivity contribution in [2.45, 2.75) is 38.6 Å². The van der Waals surface area contributed by atoms with Crippen molar-refractivity contribution >= 4 is 0 Å². The first kappa shape index (κ1) is 12.7. The van der Waals surface area contributed by atoms with E-state index in [4.69, 9.17) is 4.74 Å². The van der Waals surface area contributed by atoms with E-state index in [0.717, 1.165) is 19.6 Å². The highest BCUT2D eigenvalue weighted by atomic mass is 16.5. The Bertz CT molecular complexity index is 441. The van der Waals surface area contributed by atoms with Crippen molar-refractivity contribution in [3.8, 4) is 0 Å². The Morgan fingerprint density at radius 2 is 2.00 bits per heavy atom. The van der Waals surface area contributed by atoms with E-state index in [1.807, 2.05) is 6.26 Å². The molecule has 2 nitrogen and oxygen atoms in total. The molecule has 1 aromatic carbocycles. The van der Waals surface area contributed by atoms with Crippen molar-refractivity contribution in [1.29, 1.82) is 0 Å². The molecule has 0 radical (unpaired) electrons. The van der Waals surface area contributed by atoms with Crippen LogP contribution in [-0.2, 0) is 17.6 Å². The summed E-state index contributed by atoms with van der Waals surface area (Å²) < 4.78 is 5.54. The zero-order valence-corrected chi connectivity index (χ0v) is 11.7. The highest BCUT2D eigenvalue weighted by Crippen LogP contribution is 2.32. The van der Waals surface area contributed by atoms with Crippen LogP contribution in [0.2, 0.25) is 0 Å². The summed E-state index contributed by atoms with van der Waals surface area (Å²) in [6.45, 7) is 4.10. The largest absolute Gasteiger partial charge is 0.501 e. The lowest BCUT2D eigenvalue weighted by atomic mass is 9.88. The summed E-state index contributed by atoms with van der Waals surface area (Å²) in [5.74, 6) is 0.685. The summed E-state index contributed by atoms with van der Waals surface area (Å²) in [6.07, 6.45) is 6.76. The molecule has 1 aliphatic carbocycles. The number of nitrogens with one attached hydrogen (secondary N) is 1. The van der Waals surface area contributed by atoms with Crippen LogP contribution in [0.25, 0.3) is 0 Å². The first-order valence-corrected chi connectivity index (χ1v) is 7.49. The zero-order valence-electron chi connectivity index (χ0n) is 11.7. The van der Waals surface area contributed by atoms with Gasteiger partial charge in [-0.15, -0.1) is 0 Å². The molecule has 1 aromatic rings. The average Bonchev–Trinajstić information content (AvgIpc) is 2.89. The fourth-order valence-corrected chi connectivity index (χ4v) is 3.46. The summed E-state index contributed by atoms with van der Waals surface area (Å²) in [5.41, 5.74) is 4.53. The molecule has 2 aliphatic rings. The molecule has 0 aromatic heterocycles. The van der Waals surface area contributed by atoms with Crippen molar-refractivity contribution in [1.82, 2.24) is 5.32 Å². The van der Waals surface area contributed by atoms with E-state index in [2.05, 4.69) is 36.5 Å². The minimum absolute atomic E-state index is 0.484. The van der Waals surface area contributed by atoms with Crippen molar-refractivity contribution in [2.24, 2.45) is 5.92 Å². The molecule has 1 heterocycles. The summed E-state index contributed by atoms with van der Waals surface area (Å²) in [4.78, 5) is 0. The van der Waals surface area contributed by atoms with Gasteiger partial charge < -0.3 is 10.1 Å². The van der Waals surface area contributed by atoms with Crippen molar-refractivity contribution in [3.63, 3.8) is 0 Å². The lowest BCUT2D eigenvalue weighted by Gasteiger charge is -2.28. The molecule has 0 spiro atoms. The maximum atomic E-state index is 5.54. The van der Waals surface area contributed by atoms with Crippen molar-refractivity contribution in [2.75, 3.05) is 13.2 Å². The molecule has 1 atom stereocenters. The van der Waals surface area contributed by atoms with E-state index < -0.39 is 0 Å². The molecule has 1 unspecified atom stereocenters. The third kappa shape index (κ3) is 2.69. The van der Waals surface area contributed by atoms with Crippen LogP contribution < -0.4 is 5.32 Å². The Morgan fingerprint density at radius 1 is 1.26 bits per heavy atom. The molecule has 1 aliphatic heterocycles. The van der Waals surface area contributed by atoms with Gasteiger partial charge in [-0.2, -0.15) is 0 Å². The van der Waals surface area contributed by atoms with Crippen LogP contribution in [-0.4, -0.2) is 19.2 Å². The number of fused-ring (bicyclic) bond motifs is 1. The first-order valence-electron chi connectivity index (χ1n) is 7.49. The van der Waals surface area contributed by atoms with Crippen molar-refractivity contribution in [3.05, 3.63) is 47.2 Å². The predicted octanol–water partition coefficient (Wildman–Crippen LogP) is 3.07. The second-order valence-corrected chi connectivity index (χ2v) is 5.64. The van der Waals surface area contributed by atoms with Gasteiger partial charge in [0.15, 0.2) is 0 Å². The molecule has 19 heavy (non-hydrogen) atoms. The molecular formula is C17H23NO. The van der Waals surface area contributed by atoms with Gasteiger partial charge >= 0.3 is 0 Å². The minimum Gasteiger partial charge on any atom is -0.501 e. The number of hydrogen-bond donors (Lipinski definition) is 1. The molecule has 0 bridgehead atoms. The highest BCUT2D eigenvalue weighted by Gasteiger charge is 2.30.